The van der Waals surface area contributed by atoms with Crippen LogP contribution >= 0.6 is 23.1 Å². The van der Waals surface area contributed by atoms with E-state index in [2.05, 4.69) is 111 Å². The first-order valence-corrected chi connectivity index (χ1v) is 14.1. The smallest absolute Gasteiger partial charge is 0.182 e. The van der Waals surface area contributed by atoms with Gasteiger partial charge in [-0.2, -0.15) is 4.57 Å². The minimum atomic E-state index is 0.269. The minimum Gasteiger partial charge on any atom is -0.182 e. The fourth-order valence-corrected chi connectivity index (χ4v) is 7.92. The molecule has 0 spiro atoms. The highest BCUT2D eigenvalue weighted by Crippen LogP contribution is 2.49. The lowest BCUT2D eigenvalue weighted by Crippen LogP contribution is -2.33. The van der Waals surface area contributed by atoms with Crippen molar-refractivity contribution in [3.05, 3.63) is 99.5 Å². The van der Waals surface area contributed by atoms with Crippen molar-refractivity contribution in [2.24, 2.45) is 5.41 Å². The number of hydrogen-bond donors (Lipinski definition) is 0. The van der Waals surface area contributed by atoms with Gasteiger partial charge in [0.15, 0.2) is 0 Å². The number of rotatable bonds is 5. The van der Waals surface area contributed by atoms with E-state index in [1.54, 1.807) is 0 Å². The molecule has 1 aliphatic carbocycles. The lowest BCUT2D eigenvalue weighted by Gasteiger charge is -2.30. The number of allylic oxidation sites excluding steroid dienone is 7. The van der Waals surface area contributed by atoms with Crippen molar-refractivity contribution in [2.75, 3.05) is 0 Å². The number of para-hydroxylation sites is 1. The van der Waals surface area contributed by atoms with Gasteiger partial charge in [0.05, 0.1) is 0 Å². The summed E-state index contributed by atoms with van der Waals surface area (Å²) < 4.78 is 3.81. The van der Waals surface area contributed by atoms with E-state index in [9.17, 15) is 0 Å². The van der Waals surface area contributed by atoms with E-state index in [1.165, 1.54) is 41.7 Å². The maximum atomic E-state index is 2.45. The summed E-state index contributed by atoms with van der Waals surface area (Å²) in [6.07, 6.45) is 15.2. The molecule has 1 atom stereocenters. The van der Waals surface area contributed by atoms with Gasteiger partial charge in [0.2, 0.25) is 5.52 Å². The van der Waals surface area contributed by atoms with Crippen molar-refractivity contribution < 1.29 is 4.57 Å². The van der Waals surface area contributed by atoms with Gasteiger partial charge in [0, 0.05) is 23.0 Å². The predicted molar refractivity (Wildman–Crippen MR) is 149 cm³/mol. The molecule has 5 rings (SSSR count). The van der Waals surface area contributed by atoms with Crippen molar-refractivity contribution >= 4 is 39.4 Å². The van der Waals surface area contributed by atoms with E-state index < -0.39 is 0 Å². The summed E-state index contributed by atoms with van der Waals surface area (Å²) in [7, 11) is 0. The van der Waals surface area contributed by atoms with Crippen LogP contribution in [0.25, 0.3) is 16.3 Å². The molecule has 2 aliphatic rings. The average Bonchev–Trinajstić information content (AvgIpc) is 3.34. The van der Waals surface area contributed by atoms with Crippen molar-refractivity contribution in [1.29, 1.82) is 0 Å². The minimum absolute atomic E-state index is 0.269. The topological polar surface area (TPSA) is 3.88 Å². The molecule has 0 N–H and O–H groups in total. The summed E-state index contributed by atoms with van der Waals surface area (Å²) in [4.78, 5) is 2.89. The second-order valence-corrected chi connectivity index (χ2v) is 12.3. The lowest BCUT2D eigenvalue weighted by molar-refractivity contribution is -0.665. The molecule has 3 aromatic rings. The highest BCUT2D eigenvalue weighted by Gasteiger charge is 2.27. The third kappa shape index (κ3) is 4.74. The fraction of sp³-hybridized carbons (Fsp3) is 0.323. The maximum Gasteiger partial charge on any atom is 0.263 e. The highest BCUT2D eigenvalue weighted by molar-refractivity contribution is 8.03. The second kappa shape index (κ2) is 9.71. The van der Waals surface area contributed by atoms with Crippen LogP contribution in [0.5, 0.6) is 0 Å². The Morgan fingerprint density at radius 1 is 1.03 bits per heavy atom. The third-order valence-corrected chi connectivity index (χ3v) is 9.20. The predicted octanol–water partition coefficient (Wildman–Crippen LogP) is 9.08. The summed E-state index contributed by atoms with van der Waals surface area (Å²) >= 11 is 3.84. The molecular weight excluding hydrogens is 450 g/mol. The molecule has 0 radical (unpaired) electrons. The van der Waals surface area contributed by atoms with Gasteiger partial charge in [-0.15, -0.1) is 0 Å². The first kappa shape index (κ1) is 23.4. The normalized spacial score (nSPS) is 22.1. The van der Waals surface area contributed by atoms with E-state index in [0.717, 1.165) is 25.8 Å². The van der Waals surface area contributed by atoms with E-state index in [1.807, 2.05) is 23.1 Å². The molecule has 1 unspecified atom stereocenters. The fourth-order valence-electron chi connectivity index (χ4n) is 5.40. The van der Waals surface area contributed by atoms with E-state index in [4.69, 9.17) is 0 Å². The molecule has 0 bridgehead atoms. The summed E-state index contributed by atoms with van der Waals surface area (Å²) in [5, 5.41) is 1.35. The number of aryl methyl sites for hydroxylation is 1. The average molecular weight is 485 g/mol. The van der Waals surface area contributed by atoms with Crippen LogP contribution in [0.3, 0.4) is 0 Å². The summed E-state index contributed by atoms with van der Waals surface area (Å²) in [5.74, 6) is 0.538. The molecule has 3 heteroatoms. The van der Waals surface area contributed by atoms with Crippen LogP contribution in [0.4, 0.5) is 0 Å². The Labute approximate surface area is 212 Å². The SMILES string of the molecule is CCC1C(=CC=CC2=C/C(=C/c3sc4ccccc4[n+]3CC)CC(C)(C)C2)Sc2ccccc21. The molecule has 1 aliphatic heterocycles. The number of hydrogen-bond acceptors (Lipinski definition) is 2. The Balaban J connectivity index is 1.43. The number of benzene rings is 2. The van der Waals surface area contributed by atoms with Crippen molar-refractivity contribution in [1.82, 2.24) is 0 Å². The Hall–Kier alpha value is -2.36. The molecule has 174 valence electrons. The molecule has 2 aromatic carbocycles. The van der Waals surface area contributed by atoms with Gasteiger partial charge in [0.25, 0.3) is 5.01 Å². The Morgan fingerprint density at radius 2 is 1.82 bits per heavy atom. The van der Waals surface area contributed by atoms with Crippen LogP contribution in [-0.4, -0.2) is 0 Å². The zero-order valence-corrected chi connectivity index (χ0v) is 22.3. The summed E-state index contributed by atoms with van der Waals surface area (Å²) in [6, 6.07) is 17.6. The van der Waals surface area contributed by atoms with Crippen LogP contribution in [0.2, 0.25) is 0 Å². The zero-order chi connectivity index (χ0) is 23.7. The van der Waals surface area contributed by atoms with Crippen LogP contribution in [-0.2, 0) is 6.54 Å². The number of thioether (sulfide) groups is 1. The van der Waals surface area contributed by atoms with Gasteiger partial charge in [0.1, 0.15) is 11.2 Å². The molecular formula is C31H34NS2+. The standard InChI is InChI=1S/C31H34NS2/c1-5-24-25-13-7-9-15-28(25)33-27(24)17-11-12-22-18-23(21-31(3,4)20-22)19-30-32(6-2)26-14-8-10-16-29(26)34-30/h7-19,24H,5-6,20-21H2,1-4H3/q+1/b12-11?,23-19-,27-17?. The number of fused-ring (bicyclic) bond motifs is 2. The van der Waals surface area contributed by atoms with Crippen molar-refractivity contribution in [3.8, 4) is 0 Å². The first-order chi connectivity index (χ1) is 16.5. The molecule has 0 saturated heterocycles. The van der Waals surface area contributed by atoms with Crippen molar-refractivity contribution in [3.63, 3.8) is 0 Å². The largest absolute Gasteiger partial charge is 0.263 e. The number of aromatic nitrogens is 1. The van der Waals surface area contributed by atoms with Gasteiger partial charge < -0.3 is 0 Å². The molecule has 34 heavy (non-hydrogen) atoms. The highest BCUT2D eigenvalue weighted by atomic mass is 32.2. The molecule has 1 nitrogen and oxygen atoms in total. The van der Waals surface area contributed by atoms with Gasteiger partial charge in [-0.3, -0.25) is 0 Å². The molecule has 0 saturated carbocycles. The van der Waals surface area contributed by atoms with Crippen LogP contribution in [0.1, 0.15) is 63.4 Å². The second-order valence-electron chi connectivity index (χ2n) is 10.1. The summed E-state index contributed by atoms with van der Waals surface area (Å²) in [5.41, 5.74) is 5.97. The molecule has 2 heterocycles. The Morgan fingerprint density at radius 3 is 2.65 bits per heavy atom. The monoisotopic (exact) mass is 484 g/mol. The summed E-state index contributed by atoms with van der Waals surface area (Å²) in [6.45, 7) is 10.3. The third-order valence-electron chi connectivity index (χ3n) is 6.84. The Bertz CT molecular complexity index is 1330. The quantitative estimate of drug-likeness (QED) is 0.327. The van der Waals surface area contributed by atoms with E-state index >= 15 is 0 Å². The Kier molecular flexibility index (Phi) is 6.68. The molecule has 1 aromatic heterocycles. The van der Waals surface area contributed by atoms with Crippen LogP contribution in [0, 0.1) is 5.41 Å². The van der Waals surface area contributed by atoms with Gasteiger partial charge in [-0.1, -0.05) is 98.5 Å². The number of thiazole rings is 1. The molecule has 0 amide bonds. The zero-order valence-electron chi connectivity index (χ0n) is 20.7. The van der Waals surface area contributed by atoms with Gasteiger partial charge in [-0.25, -0.2) is 0 Å². The number of nitrogens with zero attached hydrogens (tertiary/aromatic N) is 1. The maximum absolute atomic E-state index is 2.45. The lowest BCUT2D eigenvalue weighted by atomic mass is 9.75. The van der Waals surface area contributed by atoms with E-state index in [0.29, 0.717) is 5.92 Å². The van der Waals surface area contributed by atoms with Crippen LogP contribution < -0.4 is 4.57 Å². The van der Waals surface area contributed by atoms with E-state index in [-0.39, 0.29) is 5.41 Å². The van der Waals surface area contributed by atoms with Gasteiger partial charge in [-0.05, 0) is 65.3 Å². The first-order valence-electron chi connectivity index (χ1n) is 12.4. The van der Waals surface area contributed by atoms with Crippen LogP contribution in [0.15, 0.2) is 93.8 Å². The molecule has 0 fully saturated rings. The van der Waals surface area contributed by atoms with Gasteiger partial charge >= 0.3 is 0 Å². The van der Waals surface area contributed by atoms with Crippen molar-refractivity contribution in [2.45, 2.75) is 64.3 Å².